The fourth-order valence-corrected chi connectivity index (χ4v) is 2.61. The van der Waals surface area contributed by atoms with E-state index in [1.165, 1.54) is 0 Å². The minimum Gasteiger partial charge on any atom is -0.456 e. The maximum Gasteiger partial charge on any atom is 0.306 e. The molecule has 0 radical (unpaired) electrons. The molecule has 1 aromatic rings. The van der Waals surface area contributed by atoms with Crippen molar-refractivity contribution in [3.05, 3.63) is 23.3 Å². The average Bonchev–Trinajstić information content (AvgIpc) is 2.47. The fraction of sp³-hybridized carbons (Fsp3) is 0.471. The monoisotopic (exact) mass is 334 g/mol. The summed E-state index contributed by atoms with van der Waals surface area (Å²) >= 11 is 1.08. The van der Waals surface area contributed by atoms with Crippen molar-refractivity contribution in [2.24, 2.45) is 5.92 Å². The van der Waals surface area contributed by atoms with Crippen LogP contribution in [0.1, 0.15) is 37.8 Å². The van der Waals surface area contributed by atoms with E-state index in [4.69, 9.17) is 10.00 Å². The smallest absolute Gasteiger partial charge is 0.306 e. The van der Waals surface area contributed by atoms with Crippen molar-refractivity contribution in [3.8, 4) is 5.40 Å². The highest BCUT2D eigenvalue weighted by atomic mass is 32.2. The minimum absolute atomic E-state index is 0.287. The highest BCUT2D eigenvalue weighted by Gasteiger charge is 2.12. The molecule has 6 heteroatoms. The molecular formula is C17H22N2O3S. The molecule has 0 aliphatic carbocycles. The van der Waals surface area contributed by atoms with Crippen molar-refractivity contribution in [3.63, 3.8) is 0 Å². The van der Waals surface area contributed by atoms with E-state index in [1.807, 2.05) is 45.2 Å². The van der Waals surface area contributed by atoms with E-state index >= 15 is 0 Å². The zero-order valence-corrected chi connectivity index (χ0v) is 14.8. The summed E-state index contributed by atoms with van der Waals surface area (Å²) in [5, 5.41) is 13.5. The summed E-state index contributed by atoms with van der Waals surface area (Å²) in [6.45, 7) is 7.49. The van der Waals surface area contributed by atoms with Crippen molar-refractivity contribution < 1.29 is 14.3 Å². The molecule has 0 saturated carbocycles. The Morgan fingerprint density at radius 2 is 1.91 bits per heavy atom. The van der Waals surface area contributed by atoms with Crippen LogP contribution in [0.2, 0.25) is 0 Å². The Morgan fingerprint density at radius 1 is 1.30 bits per heavy atom. The van der Waals surface area contributed by atoms with Gasteiger partial charge in [-0.25, -0.2) is 0 Å². The molecule has 0 heterocycles. The maximum absolute atomic E-state index is 11.9. The van der Waals surface area contributed by atoms with Crippen molar-refractivity contribution in [2.45, 2.75) is 45.4 Å². The van der Waals surface area contributed by atoms with Crippen LogP contribution >= 0.6 is 11.8 Å². The van der Waals surface area contributed by atoms with Crippen LogP contribution in [0.15, 0.2) is 17.0 Å². The number of ether oxygens (including phenoxy) is 1. The van der Waals surface area contributed by atoms with Gasteiger partial charge in [0.25, 0.3) is 5.91 Å². The summed E-state index contributed by atoms with van der Waals surface area (Å²) in [6, 6.07) is 3.68. The number of thioether (sulfide) groups is 1. The van der Waals surface area contributed by atoms with Gasteiger partial charge in [-0.15, -0.1) is 0 Å². The molecule has 1 amide bonds. The Hall–Kier alpha value is -2.00. The number of hydrogen-bond donors (Lipinski definition) is 1. The van der Waals surface area contributed by atoms with E-state index in [9.17, 15) is 9.59 Å². The van der Waals surface area contributed by atoms with Crippen LogP contribution in [-0.2, 0) is 14.3 Å². The lowest BCUT2D eigenvalue weighted by molar-refractivity contribution is -0.147. The summed E-state index contributed by atoms with van der Waals surface area (Å²) in [7, 11) is 0. The molecule has 1 rings (SSSR count). The van der Waals surface area contributed by atoms with Gasteiger partial charge in [0, 0.05) is 17.0 Å². The third-order valence-corrected chi connectivity index (χ3v) is 3.79. The van der Waals surface area contributed by atoms with Crippen LogP contribution < -0.4 is 5.32 Å². The van der Waals surface area contributed by atoms with Gasteiger partial charge in [0.1, 0.15) is 5.40 Å². The molecule has 0 saturated heterocycles. The summed E-state index contributed by atoms with van der Waals surface area (Å²) in [4.78, 5) is 24.3. The van der Waals surface area contributed by atoms with Gasteiger partial charge in [-0.1, -0.05) is 13.8 Å². The van der Waals surface area contributed by atoms with E-state index in [0.717, 1.165) is 34.2 Å². The molecule has 0 aromatic heterocycles. The number of rotatable bonds is 7. The van der Waals surface area contributed by atoms with Crippen LogP contribution in [0.5, 0.6) is 0 Å². The molecule has 0 bridgehead atoms. The zero-order valence-electron chi connectivity index (χ0n) is 13.9. The molecule has 5 nitrogen and oxygen atoms in total. The number of nitrogens with one attached hydrogen (secondary N) is 1. The number of nitrogens with zero attached hydrogens (tertiary/aromatic N) is 1. The first-order chi connectivity index (χ1) is 10.8. The predicted octanol–water partition coefficient (Wildman–Crippen LogP) is 3.79. The molecule has 0 atom stereocenters. The van der Waals surface area contributed by atoms with E-state index in [-0.39, 0.29) is 18.5 Å². The van der Waals surface area contributed by atoms with Crippen LogP contribution in [0.25, 0.3) is 0 Å². The molecule has 0 aliphatic heterocycles. The third-order valence-electron chi connectivity index (χ3n) is 3.22. The summed E-state index contributed by atoms with van der Waals surface area (Å²) in [5.74, 6) is -0.302. The highest BCUT2D eigenvalue weighted by Crippen LogP contribution is 2.27. The lowest BCUT2D eigenvalue weighted by atomic mass is 10.1. The average molecular weight is 334 g/mol. The molecule has 124 valence electrons. The van der Waals surface area contributed by atoms with Crippen LogP contribution in [0, 0.1) is 30.4 Å². The van der Waals surface area contributed by atoms with Gasteiger partial charge >= 0.3 is 5.97 Å². The van der Waals surface area contributed by atoms with Crippen molar-refractivity contribution >= 4 is 29.3 Å². The van der Waals surface area contributed by atoms with Crippen molar-refractivity contribution in [1.82, 2.24) is 0 Å². The van der Waals surface area contributed by atoms with E-state index in [0.29, 0.717) is 18.0 Å². The van der Waals surface area contributed by atoms with E-state index in [2.05, 4.69) is 5.32 Å². The molecule has 1 N–H and O–H groups in total. The molecule has 0 aliphatic rings. The number of aryl methyl sites for hydroxylation is 2. The predicted molar refractivity (Wildman–Crippen MR) is 91.0 cm³/mol. The second kappa shape index (κ2) is 9.21. The molecule has 0 fully saturated rings. The van der Waals surface area contributed by atoms with Gasteiger partial charge in [0.05, 0.1) is 0 Å². The molecule has 0 unspecified atom stereocenters. The molecule has 1 aromatic carbocycles. The lowest BCUT2D eigenvalue weighted by Crippen LogP contribution is -2.22. The quantitative estimate of drug-likeness (QED) is 0.466. The number of nitriles is 1. The Bertz CT molecular complexity index is 598. The van der Waals surface area contributed by atoms with Gasteiger partial charge in [-0.3, -0.25) is 9.59 Å². The number of esters is 1. The van der Waals surface area contributed by atoms with Gasteiger partial charge in [-0.2, -0.15) is 5.26 Å². The van der Waals surface area contributed by atoms with Gasteiger partial charge < -0.3 is 10.1 Å². The van der Waals surface area contributed by atoms with Crippen molar-refractivity contribution in [2.75, 3.05) is 11.9 Å². The number of amides is 1. The second-order valence-corrected chi connectivity index (χ2v) is 6.62. The topological polar surface area (TPSA) is 79.2 Å². The normalized spacial score (nSPS) is 10.3. The number of thiocyanates is 1. The molecule has 0 spiro atoms. The summed E-state index contributed by atoms with van der Waals surface area (Å²) in [6.07, 6.45) is 1.07. The summed E-state index contributed by atoms with van der Waals surface area (Å²) in [5.41, 5.74) is 2.42. The fourth-order valence-electron chi connectivity index (χ4n) is 2.03. The van der Waals surface area contributed by atoms with Gasteiger partial charge in [0.2, 0.25) is 0 Å². The maximum atomic E-state index is 11.9. The van der Waals surface area contributed by atoms with Crippen molar-refractivity contribution in [1.29, 1.82) is 5.26 Å². The highest BCUT2D eigenvalue weighted by molar-refractivity contribution is 8.03. The Balaban J connectivity index is 2.58. The second-order valence-electron chi connectivity index (χ2n) is 5.77. The number of carbonyl (C=O) groups is 2. The van der Waals surface area contributed by atoms with Crippen LogP contribution in [-0.4, -0.2) is 18.5 Å². The minimum atomic E-state index is -0.366. The van der Waals surface area contributed by atoms with E-state index < -0.39 is 0 Å². The van der Waals surface area contributed by atoms with Crippen LogP contribution in [0.4, 0.5) is 5.69 Å². The summed E-state index contributed by atoms with van der Waals surface area (Å²) < 4.78 is 4.97. The first kappa shape index (κ1) is 19.0. The molecular weight excluding hydrogens is 312 g/mol. The van der Waals surface area contributed by atoms with Gasteiger partial charge in [0.15, 0.2) is 6.61 Å². The Morgan fingerprint density at radius 3 is 2.43 bits per heavy atom. The van der Waals surface area contributed by atoms with E-state index in [1.54, 1.807) is 0 Å². The third kappa shape index (κ3) is 6.74. The van der Waals surface area contributed by atoms with Gasteiger partial charge in [-0.05, 0) is 61.2 Å². The van der Waals surface area contributed by atoms with Crippen LogP contribution in [0.3, 0.4) is 0 Å². The number of carbonyl (C=O) groups excluding carboxylic acids is 2. The SMILES string of the molecule is Cc1cc(SC#N)cc(C)c1NC(=O)COC(=O)CCC(C)C. The number of anilines is 1. The largest absolute Gasteiger partial charge is 0.456 e. The Labute approximate surface area is 141 Å². The standard InChI is InChI=1S/C17H22N2O3S/c1-11(2)5-6-16(21)22-9-15(20)19-17-12(3)7-14(23-10-18)8-13(17)4/h7-8,11H,5-6,9H2,1-4H3,(H,19,20). The lowest BCUT2D eigenvalue weighted by Gasteiger charge is -2.13. The number of benzene rings is 1. The number of hydrogen-bond acceptors (Lipinski definition) is 5. The first-order valence-corrected chi connectivity index (χ1v) is 8.27. The molecule has 23 heavy (non-hydrogen) atoms. The zero-order chi connectivity index (χ0) is 17.4. The Kier molecular flexibility index (Phi) is 7.63. The first-order valence-electron chi connectivity index (χ1n) is 7.46.